The van der Waals surface area contributed by atoms with Gasteiger partial charge in [0.2, 0.25) is 0 Å². The minimum Gasteiger partial charge on any atom is -0.271 e. The summed E-state index contributed by atoms with van der Waals surface area (Å²) in [5.41, 5.74) is 3.79. The molecule has 0 amide bonds. The highest BCUT2D eigenvalue weighted by atomic mass is 32.2. The van der Waals surface area contributed by atoms with E-state index in [-0.39, 0.29) is 6.04 Å². The molecular weight excluding hydrogens is 184 g/mol. The van der Waals surface area contributed by atoms with Gasteiger partial charge in [0.1, 0.15) is 6.33 Å². The molecule has 0 aliphatic rings. The molecule has 4 nitrogen and oxygen atoms in total. The summed E-state index contributed by atoms with van der Waals surface area (Å²) in [7, 11) is 0. The number of hydrogen-bond acceptors (Lipinski definition) is 5. The molecule has 3 N–H and O–H groups in total. The van der Waals surface area contributed by atoms with Crippen LogP contribution in [-0.2, 0) is 0 Å². The Kier molecular flexibility index (Phi) is 4.74. The van der Waals surface area contributed by atoms with E-state index in [0.29, 0.717) is 0 Å². The van der Waals surface area contributed by atoms with Crippen molar-refractivity contribution in [3.8, 4) is 0 Å². The number of rotatable bonds is 5. The summed E-state index contributed by atoms with van der Waals surface area (Å²) in [6.07, 6.45) is 5.09. The summed E-state index contributed by atoms with van der Waals surface area (Å²) in [6, 6.07) is 0.145. The lowest BCUT2D eigenvalue weighted by atomic mass is 10.2. The van der Waals surface area contributed by atoms with Crippen LogP contribution in [0, 0.1) is 0 Å². The molecule has 1 rings (SSSR count). The average Bonchev–Trinajstić information content (AvgIpc) is 2.21. The Bertz CT molecular complexity index is 229. The van der Waals surface area contributed by atoms with Crippen LogP contribution in [0.3, 0.4) is 0 Å². The van der Waals surface area contributed by atoms with Crippen LogP contribution in [0.25, 0.3) is 0 Å². The molecule has 0 aliphatic heterocycles. The monoisotopic (exact) mass is 198 g/mol. The van der Waals surface area contributed by atoms with Gasteiger partial charge in [0.05, 0.1) is 6.04 Å². The molecule has 13 heavy (non-hydrogen) atoms. The van der Waals surface area contributed by atoms with E-state index in [9.17, 15) is 0 Å². The fourth-order valence-electron chi connectivity index (χ4n) is 0.967. The normalized spacial score (nSPS) is 12.8. The molecule has 1 unspecified atom stereocenters. The molecule has 0 saturated heterocycles. The van der Waals surface area contributed by atoms with Crippen molar-refractivity contribution < 1.29 is 0 Å². The van der Waals surface area contributed by atoms with E-state index >= 15 is 0 Å². The molecule has 72 valence electrons. The molecule has 0 spiro atoms. The Morgan fingerprint density at radius 2 is 2.23 bits per heavy atom. The SMILES string of the molecule is CCSCC(NN)c1cncnc1. The van der Waals surface area contributed by atoms with Crippen LogP contribution in [0.2, 0.25) is 0 Å². The van der Waals surface area contributed by atoms with Gasteiger partial charge in [-0.05, 0) is 5.75 Å². The van der Waals surface area contributed by atoms with Gasteiger partial charge < -0.3 is 0 Å². The molecule has 0 saturated carbocycles. The van der Waals surface area contributed by atoms with Gasteiger partial charge in [0.25, 0.3) is 0 Å². The first-order valence-corrected chi connectivity index (χ1v) is 5.32. The predicted octanol–water partition coefficient (Wildman–Crippen LogP) is 0.734. The van der Waals surface area contributed by atoms with E-state index in [1.54, 1.807) is 12.4 Å². The highest BCUT2D eigenvalue weighted by molar-refractivity contribution is 7.99. The molecule has 1 aromatic rings. The number of nitrogens with one attached hydrogen (secondary N) is 1. The molecule has 1 aromatic heterocycles. The minimum absolute atomic E-state index is 0.145. The van der Waals surface area contributed by atoms with E-state index in [2.05, 4.69) is 22.3 Å². The Morgan fingerprint density at radius 3 is 2.77 bits per heavy atom. The van der Waals surface area contributed by atoms with Crippen LogP contribution in [0.1, 0.15) is 18.5 Å². The van der Waals surface area contributed by atoms with Gasteiger partial charge in [0, 0.05) is 23.7 Å². The van der Waals surface area contributed by atoms with Gasteiger partial charge >= 0.3 is 0 Å². The van der Waals surface area contributed by atoms with Gasteiger partial charge in [-0.25, -0.2) is 9.97 Å². The summed E-state index contributed by atoms with van der Waals surface area (Å²) in [6.45, 7) is 2.12. The molecule has 0 radical (unpaired) electrons. The number of hydrazine groups is 1. The van der Waals surface area contributed by atoms with Crippen molar-refractivity contribution in [1.29, 1.82) is 0 Å². The van der Waals surface area contributed by atoms with Crippen LogP contribution in [-0.4, -0.2) is 21.5 Å². The zero-order chi connectivity index (χ0) is 9.52. The van der Waals surface area contributed by atoms with Crippen molar-refractivity contribution in [2.75, 3.05) is 11.5 Å². The Hall–Kier alpha value is -0.650. The van der Waals surface area contributed by atoms with Crippen molar-refractivity contribution in [2.24, 2.45) is 5.84 Å². The molecule has 0 aromatic carbocycles. The van der Waals surface area contributed by atoms with Crippen LogP contribution < -0.4 is 11.3 Å². The second kappa shape index (κ2) is 5.90. The number of thioether (sulfide) groups is 1. The van der Waals surface area contributed by atoms with Crippen molar-refractivity contribution in [3.63, 3.8) is 0 Å². The van der Waals surface area contributed by atoms with Gasteiger partial charge in [-0.2, -0.15) is 11.8 Å². The second-order valence-corrected chi connectivity index (χ2v) is 3.87. The van der Waals surface area contributed by atoms with Crippen LogP contribution in [0.4, 0.5) is 0 Å². The molecule has 0 fully saturated rings. The summed E-state index contributed by atoms with van der Waals surface area (Å²) in [5, 5.41) is 0. The number of aromatic nitrogens is 2. The van der Waals surface area contributed by atoms with E-state index in [4.69, 9.17) is 5.84 Å². The average molecular weight is 198 g/mol. The Balaban J connectivity index is 2.56. The van der Waals surface area contributed by atoms with Crippen LogP contribution in [0.15, 0.2) is 18.7 Å². The maximum atomic E-state index is 5.43. The third kappa shape index (κ3) is 3.30. The Labute approximate surface area is 82.3 Å². The molecular formula is C8H14N4S. The zero-order valence-electron chi connectivity index (χ0n) is 7.60. The second-order valence-electron chi connectivity index (χ2n) is 2.55. The highest BCUT2D eigenvalue weighted by Crippen LogP contribution is 2.15. The lowest BCUT2D eigenvalue weighted by molar-refractivity contribution is 0.606. The molecule has 1 atom stereocenters. The van der Waals surface area contributed by atoms with Crippen molar-refractivity contribution in [3.05, 3.63) is 24.3 Å². The maximum absolute atomic E-state index is 5.43. The largest absolute Gasteiger partial charge is 0.271 e. The predicted molar refractivity (Wildman–Crippen MR) is 55.1 cm³/mol. The molecule has 0 bridgehead atoms. The van der Waals surface area contributed by atoms with E-state index in [1.807, 2.05) is 11.8 Å². The first-order valence-electron chi connectivity index (χ1n) is 4.17. The van der Waals surface area contributed by atoms with Crippen LogP contribution in [0.5, 0.6) is 0 Å². The summed E-state index contributed by atoms with van der Waals surface area (Å²) < 4.78 is 0. The number of nitrogens with two attached hydrogens (primary N) is 1. The quantitative estimate of drug-likeness (QED) is 0.539. The van der Waals surface area contributed by atoms with Crippen molar-refractivity contribution in [2.45, 2.75) is 13.0 Å². The van der Waals surface area contributed by atoms with Gasteiger partial charge in [-0.3, -0.25) is 11.3 Å². The lowest BCUT2D eigenvalue weighted by Gasteiger charge is -2.13. The summed E-state index contributed by atoms with van der Waals surface area (Å²) in [4.78, 5) is 7.89. The zero-order valence-corrected chi connectivity index (χ0v) is 8.42. The first kappa shape index (κ1) is 10.4. The standard InChI is InChI=1S/C8H14N4S/c1-2-13-5-8(12-9)7-3-10-6-11-4-7/h3-4,6,8,12H,2,5,9H2,1H3. The van der Waals surface area contributed by atoms with Crippen molar-refractivity contribution >= 4 is 11.8 Å². The third-order valence-electron chi connectivity index (χ3n) is 1.67. The fourth-order valence-corrected chi connectivity index (χ4v) is 1.73. The summed E-state index contributed by atoms with van der Waals surface area (Å²) >= 11 is 1.84. The van der Waals surface area contributed by atoms with Gasteiger partial charge in [0.15, 0.2) is 0 Å². The molecule has 0 aliphatic carbocycles. The topological polar surface area (TPSA) is 63.8 Å². The first-order chi connectivity index (χ1) is 6.38. The summed E-state index contributed by atoms with van der Waals surface area (Å²) in [5.74, 6) is 7.46. The smallest absolute Gasteiger partial charge is 0.115 e. The molecule has 1 heterocycles. The fraction of sp³-hybridized carbons (Fsp3) is 0.500. The molecule has 5 heteroatoms. The van der Waals surface area contributed by atoms with E-state index < -0.39 is 0 Å². The highest BCUT2D eigenvalue weighted by Gasteiger charge is 2.08. The van der Waals surface area contributed by atoms with Crippen LogP contribution >= 0.6 is 11.8 Å². The van der Waals surface area contributed by atoms with Crippen molar-refractivity contribution in [1.82, 2.24) is 15.4 Å². The Morgan fingerprint density at radius 1 is 1.54 bits per heavy atom. The van der Waals surface area contributed by atoms with Gasteiger partial charge in [-0.1, -0.05) is 6.92 Å². The third-order valence-corrected chi connectivity index (χ3v) is 2.65. The lowest BCUT2D eigenvalue weighted by Crippen LogP contribution is -2.29. The minimum atomic E-state index is 0.145. The van der Waals surface area contributed by atoms with E-state index in [1.165, 1.54) is 6.33 Å². The van der Waals surface area contributed by atoms with E-state index in [0.717, 1.165) is 17.1 Å². The maximum Gasteiger partial charge on any atom is 0.115 e. The van der Waals surface area contributed by atoms with Gasteiger partial charge in [-0.15, -0.1) is 0 Å². The number of nitrogens with zero attached hydrogens (tertiary/aromatic N) is 2. The number of hydrogen-bond donors (Lipinski definition) is 2.